The predicted octanol–water partition coefficient (Wildman–Crippen LogP) is 5.93. The maximum Gasteiger partial charge on any atom is 0.330 e. The van der Waals surface area contributed by atoms with Gasteiger partial charge in [-0.3, -0.25) is 4.74 Å². The van der Waals surface area contributed by atoms with Crippen LogP contribution in [0.4, 0.5) is 0 Å². The highest BCUT2D eigenvalue weighted by molar-refractivity contribution is 7.87. The number of esters is 1. The van der Waals surface area contributed by atoms with Crippen molar-refractivity contribution in [2.75, 3.05) is 7.11 Å². The molecule has 168 valence electrons. The fraction of sp³-hybridized carbons (Fsp3) is 0.0333. The Labute approximate surface area is 201 Å². The van der Waals surface area contributed by atoms with Crippen molar-refractivity contribution in [1.82, 2.24) is 0 Å². The van der Waals surface area contributed by atoms with Crippen LogP contribution in [-0.4, -0.2) is 13.1 Å². The molecule has 3 nitrogen and oxygen atoms in total. The molecule has 0 fully saturated rings. The number of hydrogen-bond acceptors (Lipinski definition) is 3. The van der Waals surface area contributed by atoms with Gasteiger partial charge in [0.2, 0.25) is 0 Å². The molecular formula is C30H26NO2P. The van der Waals surface area contributed by atoms with Crippen molar-refractivity contribution in [1.29, 1.82) is 0 Å². The summed E-state index contributed by atoms with van der Waals surface area (Å²) in [4.78, 5) is 12.0. The minimum Gasteiger partial charge on any atom is -0.466 e. The molecule has 0 radical (unpaired) electrons. The Kier molecular flexibility index (Phi) is 7.70. The zero-order chi connectivity index (χ0) is 23.6. The minimum atomic E-state index is -2.46. The molecule has 0 atom stereocenters. The summed E-state index contributed by atoms with van der Waals surface area (Å²) in [5.74, 6) is -0.419. The van der Waals surface area contributed by atoms with E-state index in [9.17, 15) is 4.79 Å². The van der Waals surface area contributed by atoms with Crippen LogP contribution in [0.1, 0.15) is 5.56 Å². The molecule has 34 heavy (non-hydrogen) atoms. The van der Waals surface area contributed by atoms with Crippen molar-refractivity contribution in [2.24, 2.45) is 4.74 Å². The fourth-order valence-electron chi connectivity index (χ4n) is 3.78. The second kappa shape index (κ2) is 11.3. The summed E-state index contributed by atoms with van der Waals surface area (Å²) in [6.45, 7) is 0. The first-order valence-corrected chi connectivity index (χ1v) is 12.8. The van der Waals surface area contributed by atoms with Gasteiger partial charge in [0.25, 0.3) is 0 Å². The van der Waals surface area contributed by atoms with Crippen LogP contribution < -0.4 is 15.9 Å². The Bertz CT molecular complexity index is 1230. The van der Waals surface area contributed by atoms with Crippen LogP contribution >= 0.6 is 7.05 Å². The van der Waals surface area contributed by atoms with Gasteiger partial charge in [0, 0.05) is 22.0 Å². The summed E-state index contributed by atoms with van der Waals surface area (Å²) in [5.41, 5.74) is 1.70. The van der Waals surface area contributed by atoms with E-state index in [-0.39, 0.29) is 0 Å². The Hall–Kier alpha value is -3.94. The van der Waals surface area contributed by atoms with E-state index < -0.39 is 13.0 Å². The number of rotatable bonds is 7. The lowest BCUT2D eigenvalue weighted by Gasteiger charge is -2.27. The summed E-state index contributed by atoms with van der Waals surface area (Å²) in [6, 6.07) is 41.2. The lowest BCUT2D eigenvalue weighted by atomic mass is 10.2. The van der Waals surface area contributed by atoms with Gasteiger partial charge in [-0.1, -0.05) is 121 Å². The number of nitrogens with zero attached hydrogens (tertiary/aromatic N) is 1. The van der Waals surface area contributed by atoms with E-state index in [2.05, 4.69) is 72.8 Å². The van der Waals surface area contributed by atoms with E-state index in [4.69, 9.17) is 9.48 Å². The van der Waals surface area contributed by atoms with Crippen molar-refractivity contribution in [3.05, 3.63) is 145 Å². The summed E-state index contributed by atoms with van der Waals surface area (Å²) in [6.07, 6.45) is 5.17. The van der Waals surface area contributed by atoms with Gasteiger partial charge in [-0.2, -0.15) is 0 Å². The summed E-state index contributed by atoms with van der Waals surface area (Å²) in [7, 11) is -1.09. The maximum atomic E-state index is 12.0. The molecule has 4 rings (SSSR count). The highest BCUT2D eigenvalue weighted by Gasteiger charge is 2.27. The number of benzene rings is 4. The molecule has 4 heteroatoms. The number of methoxy groups -OCH3 is 1. The SMILES string of the molecule is COC(=O)/C=C/C(=C/c1ccccc1)N=P(c1ccccc1)(c1ccccc1)c1ccccc1. The molecule has 4 aromatic rings. The van der Waals surface area contributed by atoms with Crippen molar-refractivity contribution >= 4 is 35.0 Å². The number of carbonyl (C=O) groups excluding carboxylic acids is 1. The number of allylic oxidation sites excluding steroid dienone is 1. The van der Waals surface area contributed by atoms with Gasteiger partial charge in [-0.05, 0) is 17.7 Å². The highest BCUT2D eigenvalue weighted by atomic mass is 31.2. The average Bonchev–Trinajstić information content (AvgIpc) is 2.92. The second-order valence-corrected chi connectivity index (χ2v) is 10.6. The first-order chi connectivity index (χ1) is 16.7. The van der Waals surface area contributed by atoms with Crippen molar-refractivity contribution < 1.29 is 9.53 Å². The van der Waals surface area contributed by atoms with E-state index in [1.807, 2.05) is 54.6 Å². The van der Waals surface area contributed by atoms with Crippen LogP contribution in [0, 0.1) is 0 Å². The van der Waals surface area contributed by atoms with Crippen LogP contribution in [-0.2, 0) is 9.53 Å². The zero-order valence-electron chi connectivity index (χ0n) is 19.0. The Morgan fingerprint density at radius 3 is 1.47 bits per heavy atom. The molecule has 0 saturated carbocycles. The zero-order valence-corrected chi connectivity index (χ0v) is 19.9. The third-order valence-electron chi connectivity index (χ3n) is 5.36. The van der Waals surface area contributed by atoms with Gasteiger partial charge < -0.3 is 4.74 Å². The van der Waals surface area contributed by atoms with E-state index >= 15 is 0 Å². The molecule has 0 heterocycles. The van der Waals surface area contributed by atoms with Gasteiger partial charge in [0.05, 0.1) is 19.9 Å². The molecule has 0 N–H and O–H groups in total. The van der Waals surface area contributed by atoms with Crippen molar-refractivity contribution in [3.8, 4) is 0 Å². The molecule has 0 amide bonds. The lowest BCUT2D eigenvalue weighted by molar-refractivity contribution is -0.134. The van der Waals surface area contributed by atoms with Gasteiger partial charge in [0.15, 0.2) is 0 Å². The van der Waals surface area contributed by atoms with Crippen LogP contribution in [0.5, 0.6) is 0 Å². The minimum absolute atomic E-state index is 0.419. The average molecular weight is 464 g/mol. The second-order valence-electron chi connectivity index (χ2n) is 7.58. The molecular weight excluding hydrogens is 437 g/mol. The van der Waals surface area contributed by atoms with E-state index in [0.29, 0.717) is 5.70 Å². The first kappa shape index (κ1) is 23.2. The standard InChI is InChI=1S/C30H26NO2P/c1-33-30(32)23-22-26(24-25-14-6-2-7-15-25)31-34(27-16-8-3-9-17-27,28-18-10-4-11-19-28)29-20-12-5-13-21-29/h2-24H,1H3/b23-22+,26-24-. The van der Waals surface area contributed by atoms with E-state index in [1.54, 1.807) is 6.08 Å². The predicted molar refractivity (Wildman–Crippen MR) is 143 cm³/mol. The third kappa shape index (κ3) is 5.33. The maximum absolute atomic E-state index is 12.0. The van der Waals surface area contributed by atoms with E-state index in [1.165, 1.54) is 13.2 Å². The third-order valence-corrected chi connectivity index (χ3v) is 9.03. The molecule has 4 aromatic carbocycles. The Morgan fingerprint density at radius 1 is 0.647 bits per heavy atom. The molecule has 0 spiro atoms. The molecule has 0 aliphatic carbocycles. The molecule has 0 aliphatic rings. The van der Waals surface area contributed by atoms with Crippen LogP contribution in [0.3, 0.4) is 0 Å². The first-order valence-electron chi connectivity index (χ1n) is 11.0. The van der Waals surface area contributed by atoms with Gasteiger partial charge in [0.1, 0.15) is 0 Å². The molecule has 0 saturated heterocycles. The Morgan fingerprint density at radius 2 is 1.06 bits per heavy atom. The van der Waals surface area contributed by atoms with Crippen LogP contribution in [0.15, 0.2) is 144 Å². The van der Waals surface area contributed by atoms with Gasteiger partial charge >= 0.3 is 5.97 Å². The molecule has 0 aliphatic heterocycles. The normalized spacial score (nSPS) is 11.9. The summed E-state index contributed by atoms with van der Waals surface area (Å²) in [5, 5.41) is 3.41. The molecule has 0 aromatic heterocycles. The summed E-state index contributed by atoms with van der Waals surface area (Å²) < 4.78 is 10.3. The Balaban J connectivity index is 2.08. The number of ether oxygens (including phenoxy) is 1. The topological polar surface area (TPSA) is 38.7 Å². The number of hydrogen-bond donors (Lipinski definition) is 0. The van der Waals surface area contributed by atoms with E-state index in [0.717, 1.165) is 21.5 Å². The summed E-state index contributed by atoms with van der Waals surface area (Å²) >= 11 is 0. The van der Waals surface area contributed by atoms with Gasteiger partial charge in [-0.15, -0.1) is 0 Å². The molecule has 0 unspecified atom stereocenters. The lowest BCUT2D eigenvalue weighted by Crippen LogP contribution is -2.25. The molecule has 0 bridgehead atoms. The largest absolute Gasteiger partial charge is 0.466 e. The highest BCUT2D eigenvalue weighted by Crippen LogP contribution is 2.48. The van der Waals surface area contributed by atoms with Crippen LogP contribution in [0.25, 0.3) is 6.08 Å². The smallest absolute Gasteiger partial charge is 0.330 e. The number of carbonyl (C=O) groups is 1. The fourth-order valence-corrected chi connectivity index (χ4v) is 7.30. The quantitative estimate of drug-likeness (QED) is 0.147. The monoisotopic (exact) mass is 463 g/mol. The van der Waals surface area contributed by atoms with Crippen LogP contribution in [0.2, 0.25) is 0 Å². The van der Waals surface area contributed by atoms with Crippen molar-refractivity contribution in [2.45, 2.75) is 0 Å². The van der Waals surface area contributed by atoms with Crippen molar-refractivity contribution in [3.63, 3.8) is 0 Å². The van der Waals surface area contributed by atoms with Gasteiger partial charge in [-0.25, -0.2) is 4.79 Å².